The Morgan fingerprint density at radius 2 is 1.45 bits per heavy atom. The molecule has 1 aliphatic carbocycles. The van der Waals surface area contributed by atoms with E-state index in [1.165, 1.54) is 0 Å². The molecule has 0 heterocycles. The second-order valence-electron chi connectivity index (χ2n) is 5.09. The van der Waals surface area contributed by atoms with E-state index in [0.717, 1.165) is 12.2 Å². The zero-order chi connectivity index (χ0) is 15.4. The second kappa shape index (κ2) is 6.43. The lowest BCUT2D eigenvalue weighted by atomic mass is 10.1. The Morgan fingerprint density at radius 3 is 2.23 bits per heavy atom. The maximum absolute atomic E-state index is 11.7. The van der Waals surface area contributed by atoms with E-state index in [2.05, 4.69) is 0 Å². The van der Waals surface area contributed by atoms with Crippen molar-refractivity contribution in [3.05, 3.63) is 59.7 Å². The van der Waals surface area contributed by atoms with Gasteiger partial charge >= 0.3 is 0 Å². The van der Waals surface area contributed by atoms with E-state index >= 15 is 0 Å². The van der Waals surface area contributed by atoms with Gasteiger partial charge in [0, 0.05) is 17.5 Å². The monoisotopic (exact) mass is 296 g/mol. The summed E-state index contributed by atoms with van der Waals surface area (Å²) in [6, 6.07) is 14.7. The lowest BCUT2D eigenvalue weighted by molar-refractivity contribution is 0.0923. The summed E-state index contributed by atoms with van der Waals surface area (Å²) in [5.74, 6) is 1.21. The van der Waals surface area contributed by atoms with E-state index in [4.69, 9.17) is 9.47 Å². The standard InChI is InChI=1S/C18H16O4/c19-17-12-18(20)16-11-14(7-8-15(16)17)22-10-4-9-21-13-5-2-1-3-6-13/h1-3,5-8,11H,4,9-10,12H2. The van der Waals surface area contributed by atoms with Gasteiger partial charge in [-0.05, 0) is 30.3 Å². The van der Waals surface area contributed by atoms with E-state index in [-0.39, 0.29) is 18.0 Å². The SMILES string of the molecule is O=C1CC(=O)c2cc(OCCCOc3ccccc3)ccc21. The van der Waals surface area contributed by atoms with Crippen LogP contribution in [0.4, 0.5) is 0 Å². The summed E-state index contributed by atoms with van der Waals surface area (Å²) in [6.07, 6.45) is 0.711. The first kappa shape index (κ1) is 14.3. The third-order valence-electron chi connectivity index (χ3n) is 3.48. The van der Waals surface area contributed by atoms with Crippen LogP contribution in [-0.2, 0) is 0 Å². The lowest BCUT2D eigenvalue weighted by Crippen LogP contribution is -2.05. The Bertz CT molecular complexity index is 691. The maximum atomic E-state index is 11.7. The zero-order valence-corrected chi connectivity index (χ0v) is 12.1. The van der Waals surface area contributed by atoms with Crippen molar-refractivity contribution in [2.45, 2.75) is 12.8 Å². The Kier molecular flexibility index (Phi) is 4.19. The normalized spacial score (nSPS) is 13.1. The second-order valence-corrected chi connectivity index (χ2v) is 5.09. The van der Waals surface area contributed by atoms with Crippen LogP contribution in [0.2, 0.25) is 0 Å². The number of carbonyl (C=O) groups excluding carboxylic acids is 2. The molecule has 22 heavy (non-hydrogen) atoms. The van der Waals surface area contributed by atoms with Crippen LogP contribution in [-0.4, -0.2) is 24.8 Å². The highest BCUT2D eigenvalue weighted by Gasteiger charge is 2.27. The summed E-state index contributed by atoms with van der Waals surface area (Å²) in [6.45, 7) is 1.06. The molecule has 0 N–H and O–H groups in total. The molecule has 2 aromatic carbocycles. The van der Waals surface area contributed by atoms with Gasteiger partial charge in [0.25, 0.3) is 0 Å². The highest BCUT2D eigenvalue weighted by molar-refractivity contribution is 6.24. The van der Waals surface area contributed by atoms with Crippen LogP contribution >= 0.6 is 0 Å². The number of Topliss-reactive ketones (excluding diaryl/α,β-unsaturated/α-hetero) is 2. The third kappa shape index (κ3) is 3.17. The number of para-hydroxylation sites is 1. The predicted molar refractivity (Wildman–Crippen MR) is 81.8 cm³/mol. The van der Waals surface area contributed by atoms with Crippen LogP contribution in [0, 0.1) is 0 Å². The van der Waals surface area contributed by atoms with Crippen LogP contribution in [0.1, 0.15) is 33.6 Å². The van der Waals surface area contributed by atoms with Gasteiger partial charge in [-0.2, -0.15) is 0 Å². The number of carbonyl (C=O) groups is 2. The average Bonchev–Trinajstić information content (AvgIpc) is 2.82. The van der Waals surface area contributed by atoms with Gasteiger partial charge in [-0.3, -0.25) is 9.59 Å². The van der Waals surface area contributed by atoms with Crippen LogP contribution in [0.5, 0.6) is 11.5 Å². The van der Waals surface area contributed by atoms with E-state index < -0.39 is 0 Å². The van der Waals surface area contributed by atoms with Crippen LogP contribution in [0.25, 0.3) is 0 Å². The van der Waals surface area contributed by atoms with Crippen molar-refractivity contribution in [2.24, 2.45) is 0 Å². The smallest absolute Gasteiger partial charge is 0.171 e. The molecule has 0 bridgehead atoms. The molecule has 0 fully saturated rings. The number of hydrogen-bond donors (Lipinski definition) is 0. The molecular weight excluding hydrogens is 280 g/mol. The topological polar surface area (TPSA) is 52.6 Å². The van der Waals surface area contributed by atoms with Gasteiger partial charge < -0.3 is 9.47 Å². The van der Waals surface area contributed by atoms with Gasteiger partial charge in [-0.1, -0.05) is 18.2 Å². The van der Waals surface area contributed by atoms with Crippen LogP contribution in [0.15, 0.2) is 48.5 Å². The molecule has 3 rings (SSSR count). The summed E-state index contributed by atoms with van der Waals surface area (Å²) in [7, 11) is 0. The van der Waals surface area contributed by atoms with Crippen molar-refractivity contribution < 1.29 is 19.1 Å². The summed E-state index contributed by atoms with van der Waals surface area (Å²) in [4.78, 5) is 23.2. The molecule has 0 radical (unpaired) electrons. The van der Waals surface area contributed by atoms with E-state index in [9.17, 15) is 9.59 Å². The minimum Gasteiger partial charge on any atom is -0.493 e. The summed E-state index contributed by atoms with van der Waals surface area (Å²) < 4.78 is 11.2. The highest BCUT2D eigenvalue weighted by atomic mass is 16.5. The Morgan fingerprint density at radius 1 is 0.773 bits per heavy atom. The Hall–Kier alpha value is -2.62. The number of hydrogen-bond acceptors (Lipinski definition) is 4. The van der Waals surface area contributed by atoms with E-state index in [1.807, 2.05) is 30.3 Å². The molecule has 4 nitrogen and oxygen atoms in total. The largest absolute Gasteiger partial charge is 0.493 e. The Labute approximate surface area is 128 Å². The van der Waals surface area contributed by atoms with E-state index in [0.29, 0.717) is 30.1 Å². The number of ether oxygens (including phenoxy) is 2. The van der Waals surface area contributed by atoms with Gasteiger partial charge in [0.15, 0.2) is 11.6 Å². The first-order chi connectivity index (χ1) is 10.7. The van der Waals surface area contributed by atoms with Crippen molar-refractivity contribution in [1.29, 1.82) is 0 Å². The molecular formula is C18H16O4. The molecule has 112 valence electrons. The zero-order valence-electron chi connectivity index (χ0n) is 12.1. The van der Waals surface area contributed by atoms with Gasteiger partial charge in [0.05, 0.1) is 19.6 Å². The molecule has 0 aliphatic heterocycles. The highest BCUT2D eigenvalue weighted by Crippen LogP contribution is 2.26. The quantitative estimate of drug-likeness (QED) is 0.606. The number of fused-ring (bicyclic) bond motifs is 1. The molecule has 0 saturated heterocycles. The van der Waals surface area contributed by atoms with Crippen LogP contribution < -0.4 is 9.47 Å². The summed E-state index contributed by atoms with van der Waals surface area (Å²) >= 11 is 0. The van der Waals surface area contributed by atoms with Gasteiger partial charge in [-0.15, -0.1) is 0 Å². The Balaban J connectivity index is 1.47. The molecule has 0 atom stereocenters. The predicted octanol–water partition coefficient (Wildman–Crippen LogP) is 3.30. The molecule has 4 heteroatoms. The molecule has 0 unspecified atom stereocenters. The molecule has 0 saturated carbocycles. The fourth-order valence-corrected chi connectivity index (χ4v) is 2.38. The van der Waals surface area contributed by atoms with Crippen molar-refractivity contribution >= 4 is 11.6 Å². The first-order valence-electron chi connectivity index (χ1n) is 7.25. The van der Waals surface area contributed by atoms with Crippen molar-refractivity contribution in [3.8, 4) is 11.5 Å². The van der Waals surface area contributed by atoms with Gasteiger partial charge in [0.1, 0.15) is 11.5 Å². The van der Waals surface area contributed by atoms with E-state index in [1.54, 1.807) is 18.2 Å². The molecule has 1 aliphatic rings. The third-order valence-corrected chi connectivity index (χ3v) is 3.48. The summed E-state index contributed by atoms with van der Waals surface area (Å²) in [5, 5.41) is 0. The molecule has 0 amide bonds. The number of benzene rings is 2. The van der Waals surface area contributed by atoms with Gasteiger partial charge in [-0.25, -0.2) is 0 Å². The number of rotatable bonds is 6. The number of ketones is 2. The minimum atomic E-state index is -0.127. The molecule has 0 spiro atoms. The lowest BCUT2D eigenvalue weighted by Gasteiger charge is -2.08. The molecule has 0 aromatic heterocycles. The maximum Gasteiger partial charge on any atom is 0.171 e. The first-order valence-corrected chi connectivity index (χ1v) is 7.25. The average molecular weight is 296 g/mol. The van der Waals surface area contributed by atoms with Crippen molar-refractivity contribution in [2.75, 3.05) is 13.2 Å². The van der Waals surface area contributed by atoms with Gasteiger partial charge in [0.2, 0.25) is 0 Å². The molecule has 2 aromatic rings. The van der Waals surface area contributed by atoms with Crippen molar-refractivity contribution in [1.82, 2.24) is 0 Å². The van der Waals surface area contributed by atoms with Crippen molar-refractivity contribution in [3.63, 3.8) is 0 Å². The minimum absolute atomic E-state index is 0.0241. The van der Waals surface area contributed by atoms with Crippen LogP contribution in [0.3, 0.4) is 0 Å². The summed E-state index contributed by atoms with van der Waals surface area (Å²) in [5.41, 5.74) is 0.979. The fourth-order valence-electron chi connectivity index (χ4n) is 2.38. The fraction of sp³-hybridized carbons (Fsp3) is 0.222.